The summed E-state index contributed by atoms with van der Waals surface area (Å²) in [6.45, 7) is 0.930. The normalized spacial score (nSPS) is 15.8. The van der Waals surface area contributed by atoms with E-state index >= 15 is 0 Å². The van der Waals surface area contributed by atoms with Gasteiger partial charge in [-0.1, -0.05) is 12.1 Å². The molecule has 0 unspecified atom stereocenters. The van der Waals surface area contributed by atoms with Gasteiger partial charge in [-0.3, -0.25) is 0 Å². The Hall–Kier alpha value is -0.520. The van der Waals surface area contributed by atoms with Crippen LogP contribution in [0.2, 0.25) is 0 Å². The summed E-state index contributed by atoms with van der Waals surface area (Å²) in [5, 5.41) is 3.47. The molecular formula is C13H19NO2S2. The molecule has 0 heterocycles. The molecule has 0 aromatic heterocycles. The van der Waals surface area contributed by atoms with Gasteiger partial charge in [0.05, 0.1) is 5.75 Å². The molecule has 1 aliphatic rings. The zero-order chi connectivity index (χ0) is 13.0. The average molecular weight is 285 g/mol. The van der Waals surface area contributed by atoms with Crippen LogP contribution < -0.4 is 5.32 Å². The fraction of sp³-hybridized carbons (Fsp3) is 0.538. The number of sulfone groups is 1. The molecular weight excluding hydrogens is 266 g/mol. The number of nitrogens with one attached hydrogen (secondary N) is 1. The molecule has 0 amide bonds. The van der Waals surface area contributed by atoms with E-state index in [1.807, 2.05) is 0 Å². The second-order valence-corrected chi connectivity index (χ2v) is 8.21. The van der Waals surface area contributed by atoms with Crippen LogP contribution >= 0.6 is 11.8 Å². The Morgan fingerprint density at radius 1 is 1.28 bits per heavy atom. The predicted molar refractivity (Wildman–Crippen MR) is 76.7 cm³/mol. The highest BCUT2D eigenvalue weighted by Gasteiger charge is 2.19. The maximum absolute atomic E-state index is 11.0. The van der Waals surface area contributed by atoms with Gasteiger partial charge >= 0.3 is 0 Å². The van der Waals surface area contributed by atoms with E-state index < -0.39 is 9.84 Å². The molecule has 3 nitrogen and oxygen atoms in total. The lowest BCUT2D eigenvalue weighted by atomic mass is 10.2. The summed E-state index contributed by atoms with van der Waals surface area (Å²) in [4.78, 5) is 1.13. The molecule has 2 rings (SSSR count). The highest BCUT2D eigenvalue weighted by atomic mass is 32.2. The van der Waals surface area contributed by atoms with Gasteiger partial charge in [0.15, 0.2) is 0 Å². The van der Waals surface area contributed by atoms with Crippen LogP contribution in [0, 0.1) is 0 Å². The van der Waals surface area contributed by atoms with E-state index in [2.05, 4.69) is 29.6 Å². The standard InChI is InChI=1S/C13H19NO2S2/c1-18(15,16)9-8-17-13-6-2-11(3-7-13)10-14-12-4-5-12/h2-3,6-7,12,14H,4-5,8-10H2,1H3. The minimum absolute atomic E-state index is 0.239. The Morgan fingerprint density at radius 2 is 1.94 bits per heavy atom. The van der Waals surface area contributed by atoms with Gasteiger partial charge in [-0.15, -0.1) is 11.8 Å². The highest BCUT2D eigenvalue weighted by Crippen LogP contribution is 2.21. The predicted octanol–water partition coefficient (Wildman–Crippen LogP) is 2.08. The summed E-state index contributed by atoms with van der Waals surface area (Å²) in [6, 6.07) is 9.08. The third-order valence-electron chi connectivity index (χ3n) is 2.82. The molecule has 0 atom stereocenters. The molecule has 1 aliphatic carbocycles. The van der Waals surface area contributed by atoms with Crippen LogP contribution in [0.3, 0.4) is 0 Å². The van der Waals surface area contributed by atoms with Crippen LogP contribution in [-0.2, 0) is 16.4 Å². The van der Waals surface area contributed by atoms with Crippen molar-refractivity contribution in [2.45, 2.75) is 30.3 Å². The molecule has 100 valence electrons. The molecule has 0 bridgehead atoms. The lowest BCUT2D eigenvalue weighted by molar-refractivity contribution is 0.603. The summed E-state index contributed by atoms with van der Waals surface area (Å²) in [6.07, 6.45) is 3.89. The molecule has 0 spiro atoms. The Bertz CT molecular complexity index is 478. The van der Waals surface area contributed by atoms with Gasteiger partial charge in [0.25, 0.3) is 0 Å². The van der Waals surface area contributed by atoms with Gasteiger partial charge in [-0.2, -0.15) is 0 Å². The van der Waals surface area contributed by atoms with E-state index in [-0.39, 0.29) is 5.75 Å². The SMILES string of the molecule is CS(=O)(=O)CCSc1ccc(CNC2CC2)cc1. The first-order valence-corrected chi connectivity index (χ1v) is 9.20. The second-order valence-electron chi connectivity index (χ2n) is 4.78. The lowest BCUT2D eigenvalue weighted by Gasteiger charge is -2.05. The van der Waals surface area contributed by atoms with E-state index in [1.165, 1.54) is 24.7 Å². The van der Waals surface area contributed by atoms with Crippen molar-refractivity contribution in [3.63, 3.8) is 0 Å². The Morgan fingerprint density at radius 3 is 2.50 bits per heavy atom. The van der Waals surface area contributed by atoms with E-state index in [0.29, 0.717) is 5.75 Å². The van der Waals surface area contributed by atoms with Crippen molar-refractivity contribution >= 4 is 21.6 Å². The van der Waals surface area contributed by atoms with Crippen LogP contribution in [0.1, 0.15) is 18.4 Å². The smallest absolute Gasteiger partial charge is 0.148 e. The van der Waals surface area contributed by atoms with Crippen molar-refractivity contribution in [3.05, 3.63) is 29.8 Å². The molecule has 1 N–H and O–H groups in total. The zero-order valence-corrected chi connectivity index (χ0v) is 12.2. The van der Waals surface area contributed by atoms with Gasteiger partial charge in [0.2, 0.25) is 0 Å². The van der Waals surface area contributed by atoms with Crippen molar-refractivity contribution in [1.29, 1.82) is 0 Å². The van der Waals surface area contributed by atoms with Crippen LogP contribution in [0.4, 0.5) is 0 Å². The van der Waals surface area contributed by atoms with Crippen LogP contribution in [0.15, 0.2) is 29.2 Å². The first-order valence-electron chi connectivity index (χ1n) is 6.16. The molecule has 18 heavy (non-hydrogen) atoms. The fourth-order valence-corrected chi connectivity index (χ4v) is 3.67. The van der Waals surface area contributed by atoms with Crippen molar-refractivity contribution < 1.29 is 8.42 Å². The molecule has 5 heteroatoms. The molecule has 0 saturated heterocycles. The minimum Gasteiger partial charge on any atom is -0.310 e. The second kappa shape index (κ2) is 6.08. The van der Waals surface area contributed by atoms with Gasteiger partial charge in [-0.25, -0.2) is 8.42 Å². The Balaban J connectivity index is 1.75. The molecule has 0 aliphatic heterocycles. The molecule has 1 aromatic rings. The summed E-state index contributed by atoms with van der Waals surface area (Å²) in [5.74, 6) is 0.862. The quantitative estimate of drug-likeness (QED) is 0.779. The van der Waals surface area contributed by atoms with Crippen molar-refractivity contribution in [2.24, 2.45) is 0 Å². The third-order valence-corrected chi connectivity index (χ3v) is 5.04. The lowest BCUT2D eigenvalue weighted by Crippen LogP contribution is -2.15. The maximum atomic E-state index is 11.0. The topological polar surface area (TPSA) is 46.2 Å². The number of hydrogen-bond acceptors (Lipinski definition) is 4. The van der Waals surface area contributed by atoms with E-state index in [0.717, 1.165) is 17.5 Å². The average Bonchev–Trinajstić information content (AvgIpc) is 3.10. The van der Waals surface area contributed by atoms with E-state index in [9.17, 15) is 8.42 Å². The number of thioether (sulfide) groups is 1. The van der Waals surface area contributed by atoms with Gasteiger partial charge in [0.1, 0.15) is 9.84 Å². The van der Waals surface area contributed by atoms with Crippen molar-refractivity contribution in [2.75, 3.05) is 17.8 Å². The molecule has 1 saturated carbocycles. The summed E-state index contributed by atoms with van der Waals surface area (Å²) >= 11 is 1.59. The van der Waals surface area contributed by atoms with Crippen LogP contribution in [0.25, 0.3) is 0 Å². The van der Waals surface area contributed by atoms with Crippen LogP contribution in [0.5, 0.6) is 0 Å². The first-order chi connectivity index (χ1) is 8.53. The van der Waals surface area contributed by atoms with Crippen molar-refractivity contribution in [1.82, 2.24) is 5.32 Å². The third kappa shape index (κ3) is 5.42. The minimum atomic E-state index is -2.84. The molecule has 1 fully saturated rings. The summed E-state index contributed by atoms with van der Waals surface area (Å²) in [5.41, 5.74) is 1.29. The summed E-state index contributed by atoms with van der Waals surface area (Å²) in [7, 11) is -2.84. The van der Waals surface area contributed by atoms with Gasteiger partial charge in [-0.05, 0) is 30.5 Å². The molecule has 1 aromatic carbocycles. The number of rotatable bonds is 7. The monoisotopic (exact) mass is 285 g/mol. The van der Waals surface area contributed by atoms with Crippen molar-refractivity contribution in [3.8, 4) is 0 Å². The Labute approximate surface area is 113 Å². The fourth-order valence-electron chi connectivity index (χ4n) is 1.56. The largest absolute Gasteiger partial charge is 0.310 e. The summed E-state index contributed by atoms with van der Waals surface area (Å²) < 4.78 is 22.0. The van der Waals surface area contributed by atoms with Crippen LogP contribution in [-0.4, -0.2) is 32.2 Å². The van der Waals surface area contributed by atoms with Gasteiger partial charge in [0, 0.05) is 29.5 Å². The zero-order valence-electron chi connectivity index (χ0n) is 10.6. The maximum Gasteiger partial charge on any atom is 0.148 e. The highest BCUT2D eigenvalue weighted by molar-refractivity contribution is 8.00. The Kier molecular flexibility index (Phi) is 4.70. The molecule has 0 radical (unpaired) electrons. The van der Waals surface area contributed by atoms with E-state index in [4.69, 9.17) is 0 Å². The number of benzene rings is 1. The number of hydrogen-bond donors (Lipinski definition) is 1. The van der Waals surface area contributed by atoms with Gasteiger partial charge < -0.3 is 5.32 Å². The first kappa shape index (κ1) is 13.9. The van der Waals surface area contributed by atoms with E-state index in [1.54, 1.807) is 11.8 Å².